The second-order valence-electron chi connectivity index (χ2n) is 4.80. The van der Waals surface area contributed by atoms with Gasteiger partial charge in [-0.15, -0.1) is 11.6 Å². The van der Waals surface area contributed by atoms with Crippen molar-refractivity contribution < 1.29 is 8.78 Å². The molecule has 1 saturated carbocycles. The Bertz CT molecular complexity index is 590. The van der Waals surface area contributed by atoms with E-state index in [1.54, 1.807) is 4.57 Å². The fraction of sp³-hybridized carbons (Fsp3) is 0.462. The Morgan fingerprint density at radius 1 is 1.33 bits per heavy atom. The van der Waals surface area contributed by atoms with E-state index in [1.807, 2.05) is 0 Å². The highest BCUT2D eigenvalue weighted by Crippen LogP contribution is 2.31. The molecule has 1 heterocycles. The van der Waals surface area contributed by atoms with Crippen LogP contribution in [0.5, 0.6) is 0 Å². The van der Waals surface area contributed by atoms with E-state index in [2.05, 4.69) is 4.98 Å². The molecule has 2 nitrogen and oxygen atoms in total. The first-order valence-corrected chi connectivity index (χ1v) is 6.63. The molecule has 96 valence electrons. The van der Waals surface area contributed by atoms with E-state index in [0.29, 0.717) is 23.8 Å². The predicted octanol–water partition coefficient (Wildman–Crippen LogP) is 3.85. The Hall–Kier alpha value is -1.16. The van der Waals surface area contributed by atoms with E-state index >= 15 is 0 Å². The van der Waals surface area contributed by atoms with Crippen molar-refractivity contribution >= 4 is 22.6 Å². The van der Waals surface area contributed by atoms with Gasteiger partial charge in [0.25, 0.3) is 0 Å². The average molecular weight is 271 g/mol. The van der Waals surface area contributed by atoms with Gasteiger partial charge in [-0.3, -0.25) is 0 Å². The van der Waals surface area contributed by atoms with Crippen LogP contribution in [0.2, 0.25) is 0 Å². The van der Waals surface area contributed by atoms with E-state index in [1.165, 1.54) is 12.5 Å². The number of hydrogen-bond acceptors (Lipinski definition) is 1. The van der Waals surface area contributed by atoms with Crippen molar-refractivity contribution in [2.75, 3.05) is 0 Å². The van der Waals surface area contributed by atoms with Crippen LogP contribution >= 0.6 is 11.6 Å². The van der Waals surface area contributed by atoms with Crippen molar-refractivity contribution in [3.8, 4) is 0 Å². The molecule has 1 aliphatic carbocycles. The number of halogens is 3. The van der Waals surface area contributed by atoms with Gasteiger partial charge in [-0.25, -0.2) is 13.8 Å². The highest BCUT2D eigenvalue weighted by molar-refractivity contribution is 6.16. The van der Waals surface area contributed by atoms with Crippen molar-refractivity contribution in [3.63, 3.8) is 0 Å². The molecule has 2 aromatic rings. The van der Waals surface area contributed by atoms with Gasteiger partial charge in [0.1, 0.15) is 11.3 Å². The van der Waals surface area contributed by atoms with Gasteiger partial charge < -0.3 is 4.57 Å². The van der Waals surface area contributed by atoms with Crippen LogP contribution in [0, 0.1) is 17.6 Å². The van der Waals surface area contributed by atoms with Gasteiger partial charge in [0, 0.05) is 6.54 Å². The number of nitrogens with zero attached hydrogens (tertiary/aromatic N) is 2. The summed E-state index contributed by atoms with van der Waals surface area (Å²) in [5.74, 6) is -0.299. The van der Waals surface area contributed by atoms with Crippen molar-refractivity contribution in [1.29, 1.82) is 0 Å². The molecule has 0 atom stereocenters. The topological polar surface area (TPSA) is 17.8 Å². The summed E-state index contributed by atoms with van der Waals surface area (Å²) in [4.78, 5) is 4.27. The van der Waals surface area contributed by atoms with Crippen LogP contribution in [0.15, 0.2) is 12.1 Å². The third-order valence-electron chi connectivity index (χ3n) is 3.66. The number of fused-ring (bicyclic) bond motifs is 1. The van der Waals surface area contributed by atoms with Gasteiger partial charge in [-0.2, -0.15) is 0 Å². The summed E-state index contributed by atoms with van der Waals surface area (Å²) in [6.45, 7) is 0.679. The van der Waals surface area contributed by atoms with Crippen LogP contribution in [0.25, 0.3) is 11.0 Å². The molecule has 5 heteroatoms. The monoisotopic (exact) mass is 270 g/mol. The third kappa shape index (κ3) is 1.79. The third-order valence-corrected chi connectivity index (χ3v) is 3.90. The van der Waals surface area contributed by atoms with Crippen molar-refractivity contribution in [1.82, 2.24) is 9.55 Å². The lowest BCUT2D eigenvalue weighted by Gasteiger charge is -2.26. The number of aromatic nitrogens is 2. The molecular weight excluding hydrogens is 258 g/mol. The Morgan fingerprint density at radius 3 is 2.72 bits per heavy atom. The first-order chi connectivity index (χ1) is 8.70. The van der Waals surface area contributed by atoms with Crippen molar-refractivity contribution in [3.05, 3.63) is 29.6 Å². The van der Waals surface area contributed by atoms with E-state index < -0.39 is 11.6 Å². The smallest absolute Gasteiger partial charge is 0.184 e. The standard InChI is InChI=1S/C13H13ClF2N2/c14-6-11-17-10-5-4-9(15)12(16)13(10)18(11)7-8-2-1-3-8/h4-5,8H,1-3,6-7H2. The second kappa shape index (κ2) is 4.50. The van der Waals surface area contributed by atoms with Crippen molar-refractivity contribution in [2.45, 2.75) is 31.7 Å². The minimum absolute atomic E-state index is 0.211. The fourth-order valence-electron chi connectivity index (χ4n) is 2.44. The maximum atomic E-state index is 13.9. The number of hydrogen-bond donors (Lipinski definition) is 0. The summed E-state index contributed by atoms with van der Waals surface area (Å²) in [6.07, 6.45) is 3.49. The molecule has 1 aromatic carbocycles. The number of benzene rings is 1. The molecular formula is C13H13ClF2N2. The normalized spacial score (nSPS) is 16.2. The van der Waals surface area contributed by atoms with Gasteiger partial charge in [0.15, 0.2) is 11.6 Å². The fourth-order valence-corrected chi connectivity index (χ4v) is 2.64. The predicted molar refractivity (Wildman–Crippen MR) is 66.5 cm³/mol. The lowest BCUT2D eigenvalue weighted by Crippen LogP contribution is -2.19. The Balaban J connectivity index is 2.15. The van der Waals surface area contributed by atoms with E-state index in [9.17, 15) is 8.78 Å². The largest absolute Gasteiger partial charge is 0.324 e. The van der Waals surface area contributed by atoms with Gasteiger partial charge in [-0.1, -0.05) is 6.42 Å². The molecule has 1 aromatic heterocycles. The zero-order valence-corrected chi connectivity index (χ0v) is 10.6. The summed E-state index contributed by atoms with van der Waals surface area (Å²) >= 11 is 5.84. The highest BCUT2D eigenvalue weighted by atomic mass is 35.5. The Labute approximate surface area is 109 Å². The van der Waals surface area contributed by atoms with Crippen molar-refractivity contribution in [2.24, 2.45) is 5.92 Å². The lowest BCUT2D eigenvalue weighted by molar-refractivity contribution is 0.276. The highest BCUT2D eigenvalue weighted by Gasteiger charge is 2.23. The van der Waals surface area contributed by atoms with Crippen LogP contribution in [0.3, 0.4) is 0 Å². The molecule has 3 rings (SSSR count). The van der Waals surface area contributed by atoms with Gasteiger partial charge in [-0.05, 0) is 30.9 Å². The van der Waals surface area contributed by atoms with Gasteiger partial charge >= 0.3 is 0 Å². The zero-order valence-electron chi connectivity index (χ0n) is 9.80. The average Bonchev–Trinajstić information content (AvgIpc) is 2.67. The Kier molecular flexibility index (Phi) is 2.98. The summed E-state index contributed by atoms with van der Waals surface area (Å²) in [6, 6.07) is 2.61. The molecule has 0 N–H and O–H groups in total. The van der Waals surface area contributed by atoms with Crippen LogP contribution in [-0.4, -0.2) is 9.55 Å². The summed E-state index contributed by atoms with van der Waals surface area (Å²) in [5, 5.41) is 0. The molecule has 0 amide bonds. The van der Waals surface area contributed by atoms with Gasteiger partial charge in [0.2, 0.25) is 0 Å². The molecule has 1 fully saturated rings. The van der Waals surface area contributed by atoms with Crippen LogP contribution in [0.4, 0.5) is 8.78 Å². The zero-order chi connectivity index (χ0) is 12.7. The maximum absolute atomic E-state index is 13.9. The number of rotatable bonds is 3. The number of alkyl halides is 1. The van der Waals surface area contributed by atoms with E-state index in [4.69, 9.17) is 11.6 Å². The summed E-state index contributed by atoms with van der Waals surface area (Å²) in [7, 11) is 0. The molecule has 0 unspecified atom stereocenters. The van der Waals surface area contributed by atoms with E-state index in [0.717, 1.165) is 18.9 Å². The van der Waals surface area contributed by atoms with Crippen LogP contribution in [-0.2, 0) is 12.4 Å². The second-order valence-corrected chi connectivity index (χ2v) is 5.07. The van der Waals surface area contributed by atoms with Crippen LogP contribution in [0.1, 0.15) is 25.1 Å². The molecule has 0 saturated heterocycles. The molecule has 1 aliphatic rings. The minimum Gasteiger partial charge on any atom is -0.324 e. The maximum Gasteiger partial charge on any atom is 0.184 e. The first-order valence-electron chi connectivity index (χ1n) is 6.09. The molecule has 0 radical (unpaired) electrons. The first kappa shape index (κ1) is 11.9. The Morgan fingerprint density at radius 2 is 2.11 bits per heavy atom. The molecule has 0 bridgehead atoms. The van der Waals surface area contributed by atoms with E-state index in [-0.39, 0.29) is 11.4 Å². The number of imidazole rings is 1. The quantitative estimate of drug-likeness (QED) is 0.775. The molecule has 0 aliphatic heterocycles. The summed E-state index contributed by atoms with van der Waals surface area (Å²) < 4.78 is 29.0. The minimum atomic E-state index is -0.835. The van der Waals surface area contributed by atoms with Gasteiger partial charge in [0.05, 0.1) is 11.4 Å². The molecule has 18 heavy (non-hydrogen) atoms. The van der Waals surface area contributed by atoms with Crippen LogP contribution < -0.4 is 0 Å². The summed E-state index contributed by atoms with van der Waals surface area (Å²) in [5.41, 5.74) is 0.724. The lowest BCUT2D eigenvalue weighted by atomic mass is 9.85. The SMILES string of the molecule is Fc1ccc2nc(CCl)n(CC3CCC3)c2c1F. The molecule has 0 spiro atoms.